The molecule has 4 aromatic rings. The lowest BCUT2D eigenvalue weighted by Crippen LogP contribution is -2.39. The molecule has 0 bridgehead atoms. The average molecular weight is 523 g/mol. The number of amides is 2. The summed E-state index contributed by atoms with van der Waals surface area (Å²) in [7, 11) is 0. The van der Waals surface area contributed by atoms with Gasteiger partial charge in [-0.25, -0.2) is 4.79 Å². The number of hydrogen-bond acceptors (Lipinski definition) is 3. The van der Waals surface area contributed by atoms with Crippen molar-refractivity contribution in [2.24, 2.45) is 5.92 Å². The van der Waals surface area contributed by atoms with Gasteiger partial charge in [0.25, 0.3) is 5.91 Å². The Labute approximate surface area is 229 Å². The first-order valence-corrected chi connectivity index (χ1v) is 13.4. The van der Waals surface area contributed by atoms with Crippen molar-refractivity contribution in [3.05, 3.63) is 107 Å². The number of carboxylic acid groups (broad SMARTS) is 1. The summed E-state index contributed by atoms with van der Waals surface area (Å²) in [6.07, 6.45) is 0.436. The van der Waals surface area contributed by atoms with Crippen molar-refractivity contribution in [3.63, 3.8) is 0 Å². The van der Waals surface area contributed by atoms with Gasteiger partial charge >= 0.3 is 6.09 Å². The van der Waals surface area contributed by atoms with E-state index < -0.39 is 6.09 Å². The van der Waals surface area contributed by atoms with Gasteiger partial charge in [-0.05, 0) is 65.6 Å². The van der Waals surface area contributed by atoms with Crippen LogP contribution in [-0.4, -0.2) is 38.3 Å². The van der Waals surface area contributed by atoms with Gasteiger partial charge in [0.15, 0.2) is 5.82 Å². The van der Waals surface area contributed by atoms with Gasteiger partial charge in [0.05, 0.1) is 12.6 Å². The van der Waals surface area contributed by atoms with E-state index in [1.807, 2.05) is 60.1 Å². The fraction of sp³-hybridized carbons (Fsp3) is 0.281. The van der Waals surface area contributed by atoms with E-state index in [0.717, 1.165) is 39.9 Å². The van der Waals surface area contributed by atoms with E-state index >= 15 is 0 Å². The van der Waals surface area contributed by atoms with Gasteiger partial charge in [0, 0.05) is 23.9 Å². The van der Waals surface area contributed by atoms with Crippen LogP contribution in [0.2, 0.25) is 0 Å². The standard InChI is InChI=1S/C32H34N4O3/c1-21(2)17-29-28-14-13-25(19-24(28)15-16-35(29)32(38)39)31(37)33-30-18-22(3)36(34-30)20-26-11-7-8-12-27(26)23-9-5-4-6-10-23/h4-14,18-19,21,29H,15-17,20H2,1-3H3,(H,38,39)(H,33,34,37). The minimum absolute atomic E-state index is 0.194. The van der Waals surface area contributed by atoms with E-state index in [1.54, 1.807) is 6.07 Å². The van der Waals surface area contributed by atoms with Crippen molar-refractivity contribution in [2.45, 2.75) is 46.2 Å². The molecule has 0 saturated carbocycles. The molecule has 1 aromatic heterocycles. The second kappa shape index (κ2) is 11.2. The quantitative estimate of drug-likeness (QED) is 0.280. The monoisotopic (exact) mass is 522 g/mol. The molecule has 7 heteroatoms. The first-order valence-electron chi connectivity index (χ1n) is 13.4. The van der Waals surface area contributed by atoms with Crippen molar-refractivity contribution in [2.75, 3.05) is 11.9 Å². The van der Waals surface area contributed by atoms with E-state index in [2.05, 4.69) is 48.5 Å². The smallest absolute Gasteiger partial charge is 0.407 e. The number of carbonyl (C=O) groups excluding carboxylic acids is 1. The predicted molar refractivity (Wildman–Crippen MR) is 153 cm³/mol. The van der Waals surface area contributed by atoms with Gasteiger partial charge in [-0.1, -0.05) is 74.5 Å². The molecule has 3 aromatic carbocycles. The van der Waals surface area contributed by atoms with E-state index in [1.165, 1.54) is 4.90 Å². The van der Waals surface area contributed by atoms with Gasteiger partial charge in [-0.15, -0.1) is 0 Å². The predicted octanol–water partition coefficient (Wildman–Crippen LogP) is 6.78. The molecule has 7 nitrogen and oxygen atoms in total. The highest BCUT2D eigenvalue weighted by Gasteiger charge is 2.31. The Hall–Kier alpha value is -4.39. The largest absolute Gasteiger partial charge is 0.465 e. The van der Waals surface area contributed by atoms with Crippen LogP contribution in [0.1, 0.15) is 59.1 Å². The van der Waals surface area contributed by atoms with Gasteiger partial charge < -0.3 is 15.3 Å². The van der Waals surface area contributed by atoms with Crippen LogP contribution >= 0.6 is 0 Å². The molecule has 1 unspecified atom stereocenters. The Balaban J connectivity index is 1.33. The molecule has 1 aliphatic heterocycles. The van der Waals surface area contributed by atoms with E-state index in [0.29, 0.717) is 36.8 Å². The summed E-state index contributed by atoms with van der Waals surface area (Å²) in [5, 5.41) is 17.3. The first-order chi connectivity index (χ1) is 18.8. The molecule has 2 N–H and O–H groups in total. The second-order valence-electron chi connectivity index (χ2n) is 10.6. The SMILES string of the molecule is Cc1cc(NC(=O)c2ccc3c(c2)CCN(C(=O)O)C3CC(C)C)nn1Cc1ccccc1-c1ccccc1. The van der Waals surface area contributed by atoms with Gasteiger partial charge in [-0.3, -0.25) is 9.48 Å². The Morgan fingerprint density at radius 3 is 2.51 bits per heavy atom. The van der Waals surface area contributed by atoms with Crippen LogP contribution in [0, 0.1) is 12.8 Å². The van der Waals surface area contributed by atoms with Crippen molar-refractivity contribution < 1.29 is 14.7 Å². The fourth-order valence-electron chi connectivity index (χ4n) is 5.42. The zero-order valence-corrected chi connectivity index (χ0v) is 22.6. The molecule has 5 rings (SSSR count). The Morgan fingerprint density at radius 2 is 1.77 bits per heavy atom. The van der Waals surface area contributed by atoms with E-state index in [-0.39, 0.29) is 11.9 Å². The van der Waals surface area contributed by atoms with Crippen molar-refractivity contribution >= 4 is 17.8 Å². The number of nitrogens with one attached hydrogen (secondary N) is 1. The maximum absolute atomic E-state index is 13.2. The molecule has 0 radical (unpaired) electrons. The third kappa shape index (κ3) is 5.72. The maximum atomic E-state index is 13.2. The van der Waals surface area contributed by atoms with Crippen LogP contribution in [0.15, 0.2) is 78.9 Å². The molecule has 0 spiro atoms. The zero-order chi connectivity index (χ0) is 27.5. The van der Waals surface area contributed by atoms with Crippen molar-refractivity contribution in [1.82, 2.24) is 14.7 Å². The van der Waals surface area contributed by atoms with Gasteiger partial charge in [-0.2, -0.15) is 5.10 Å². The van der Waals surface area contributed by atoms with Crippen LogP contribution in [0.4, 0.5) is 10.6 Å². The third-order valence-corrected chi connectivity index (χ3v) is 7.35. The van der Waals surface area contributed by atoms with Crippen LogP contribution in [0.3, 0.4) is 0 Å². The molecule has 1 aliphatic rings. The number of aromatic nitrogens is 2. The number of aryl methyl sites for hydroxylation is 1. The Kier molecular flexibility index (Phi) is 7.50. The summed E-state index contributed by atoms with van der Waals surface area (Å²) in [6.45, 7) is 7.19. The van der Waals surface area contributed by atoms with Crippen LogP contribution in [0.25, 0.3) is 11.1 Å². The molecule has 2 amide bonds. The highest BCUT2D eigenvalue weighted by Crippen LogP contribution is 2.35. The second-order valence-corrected chi connectivity index (χ2v) is 10.6. The number of carbonyl (C=O) groups is 2. The Bertz CT molecular complexity index is 1490. The molecule has 2 heterocycles. The minimum Gasteiger partial charge on any atom is -0.465 e. The maximum Gasteiger partial charge on any atom is 0.407 e. The van der Waals surface area contributed by atoms with Gasteiger partial charge in [0.1, 0.15) is 0 Å². The molecular weight excluding hydrogens is 488 g/mol. The highest BCUT2D eigenvalue weighted by molar-refractivity contribution is 6.04. The number of hydrogen-bond donors (Lipinski definition) is 2. The zero-order valence-electron chi connectivity index (χ0n) is 22.6. The average Bonchev–Trinajstić information content (AvgIpc) is 3.26. The topological polar surface area (TPSA) is 87.5 Å². The molecule has 200 valence electrons. The summed E-state index contributed by atoms with van der Waals surface area (Å²) in [6, 6.07) is 25.8. The lowest BCUT2D eigenvalue weighted by molar-refractivity contribution is 0.102. The minimum atomic E-state index is -0.898. The summed E-state index contributed by atoms with van der Waals surface area (Å²) in [4.78, 5) is 26.5. The first kappa shape index (κ1) is 26.2. The normalized spacial score (nSPS) is 14.8. The lowest BCUT2D eigenvalue weighted by Gasteiger charge is -2.36. The van der Waals surface area contributed by atoms with Gasteiger partial charge in [0.2, 0.25) is 0 Å². The van der Waals surface area contributed by atoms with E-state index in [4.69, 9.17) is 0 Å². The van der Waals surface area contributed by atoms with Crippen LogP contribution < -0.4 is 5.32 Å². The van der Waals surface area contributed by atoms with Crippen LogP contribution in [-0.2, 0) is 13.0 Å². The summed E-state index contributed by atoms with van der Waals surface area (Å²) < 4.78 is 1.90. The Morgan fingerprint density at radius 1 is 1.03 bits per heavy atom. The number of nitrogens with zero attached hydrogens (tertiary/aromatic N) is 3. The number of anilines is 1. The highest BCUT2D eigenvalue weighted by atomic mass is 16.4. The molecule has 39 heavy (non-hydrogen) atoms. The summed E-state index contributed by atoms with van der Waals surface area (Å²) in [5.74, 6) is 0.624. The van der Waals surface area contributed by atoms with Crippen molar-refractivity contribution in [1.29, 1.82) is 0 Å². The van der Waals surface area contributed by atoms with E-state index in [9.17, 15) is 14.7 Å². The molecule has 0 saturated heterocycles. The molecule has 1 atom stereocenters. The molecule has 0 aliphatic carbocycles. The molecular formula is C32H34N4O3. The molecule has 0 fully saturated rings. The lowest BCUT2D eigenvalue weighted by atomic mass is 9.87. The fourth-order valence-corrected chi connectivity index (χ4v) is 5.42. The number of rotatable bonds is 7. The summed E-state index contributed by atoms with van der Waals surface area (Å²) >= 11 is 0. The third-order valence-electron chi connectivity index (χ3n) is 7.35. The van der Waals surface area contributed by atoms with Crippen LogP contribution in [0.5, 0.6) is 0 Å². The number of fused-ring (bicyclic) bond motifs is 1. The van der Waals surface area contributed by atoms with Crippen molar-refractivity contribution in [3.8, 4) is 11.1 Å². The summed E-state index contributed by atoms with van der Waals surface area (Å²) in [5.41, 5.74) is 6.97. The number of benzene rings is 3.